The summed E-state index contributed by atoms with van der Waals surface area (Å²) in [6.45, 7) is 1.08. The van der Waals surface area contributed by atoms with Gasteiger partial charge in [0.05, 0.1) is 0 Å². The summed E-state index contributed by atoms with van der Waals surface area (Å²) in [5.41, 5.74) is 4.97. The van der Waals surface area contributed by atoms with Crippen LogP contribution in [0.25, 0.3) is 0 Å². The van der Waals surface area contributed by atoms with Crippen LogP contribution >= 0.6 is 0 Å². The number of amides is 1. The molecule has 5 nitrogen and oxygen atoms in total. The lowest BCUT2D eigenvalue weighted by molar-refractivity contribution is -0.127. The van der Waals surface area contributed by atoms with Gasteiger partial charge in [-0.2, -0.15) is 0 Å². The molecule has 1 aromatic carbocycles. The van der Waals surface area contributed by atoms with Crippen molar-refractivity contribution in [3.8, 4) is 0 Å². The van der Waals surface area contributed by atoms with Crippen LogP contribution < -0.4 is 5.73 Å². The molecule has 0 heterocycles. The summed E-state index contributed by atoms with van der Waals surface area (Å²) in [4.78, 5) is 11.5. The zero-order valence-corrected chi connectivity index (χ0v) is 11.5. The van der Waals surface area contributed by atoms with Crippen molar-refractivity contribution in [3.63, 3.8) is 0 Å². The number of nitrogens with zero attached hydrogens (tertiary/aromatic N) is 1. The van der Waals surface area contributed by atoms with Crippen molar-refractivity contribution < 1.29 is 22.0 Å². The van der Waals surface area contributed by atoms with Crippen LogP contribution in [0.1, 0.15) is 6.92 Å². The van der Waals surface area contributed by atoms with Crippen molar-refractivity contribution >= 4 is 21.4 Å². The molecule has 0 aliphatic heterocycles. The highest BCUT2D eigenvalue weighted by Crippen LogP contribution is 2.25. The summed E-state index contributed by atoms with van der Waals surface area (Å²) in [6.07, 6.45) is 0. The molecule has 0 spiro atoms. The fourth-order valence-electron chi connectivity index (χ4n) is 1.52. The number of benzene rings is 1. The van der Waals surface area contributed by atoms with E-state index in [0.29, 0.717) is 12.1 Å². The summed E-state index contributed by atoms with van der Waals surface area (Å²) >= 11 is 0. The maximum Gasteiger partial charge on any atom is 0.240 e. The molecule has 0 saturated carbocycles. The fraction of sp³-hybridized carbons (Fsp3) is 0.364. The fourth-order valence-corrected chi connectivity index (χ4v) is 3.02. The maximum absolute atomic E-state index is 13.6. The number of anilines is 1. The Morgan fingerprint density at radius 2 is 1.68 bits per heavy atom. The number of carbonyl (C=O) groups is 1. The van der Waals surface area contributed by atoms with Gasteiger partial charge in [-0.1, -0.05) is 0 Å². The van der Waals surface area contributed by atoms with E-state index in [1.165, 1.54) is 14.1 Å². The second-order valence-corrected chi connectivity index (χ2v) is 6.44. The second kappa shape index (κ2) is 5.12. The molecule has 106 valence electrons. The minimum absolute atomic E-state index is 0.236. The van der Waals surface area contributed by atoms with E-state index < -0.39 is 37.5 Å². The molecule has 0 bridgehead atoms. The Balaban J connectivity index is 3.41. The number of nitrogens with two attached hydrogens (primary N) is 1. The average Bonchev–Trinajstić information content (AvgIpc) is 2.24. The van der Waals surface area contributed by atoms with Gasteiger partial charge < -0.3 is 10.6 Å². The lowest BCUT2D eigenvalue weighted by atomic mass is 10.3. The van der Waals surface area contributed by atoms with Gasteiger partial charge in [0.2, 0.25) is 5.91 Å². The van der Waals surface area contributed by atoms with Crippen LogP contribution in [-0.2, 0) is 14.6 Å². The van der Waals surface area contributed by atoms with Gasteiger partial charge in [-0.3, -0.25) is 4.79 Å². The molecule has 0 aliphatic rings. The molecule has 1 rings (SSSR count). The Kier molecular flexibility index (Phi) is 4.14. The largest absolute Gasteiger partial charge is 0.399 e. The van der Waals surface area contributed by atoms with Crippen molar-refractivity contribution in [1.82, 2.24) is 4.90 Å². The topological polar surface area (TPSA) is 80.5 Å². The third-order valence-electron chi connectivity index (χ3n) is 2.56. The normalized spacial score (nSPS) is 13.1. The predicted octanol–water partition coefficient (Wildman–Crippen LogP) is 0.797. The second-order valence-electron chi connectivity index (χ2n) is 4.23. The van der Waals surface area contributed by atoms with Crippen LogP contribution in [0.2, 0.25) is 0 Å². The number of carbonyl (C=O) groups excluding carboxylic acids is 1. The minimum Gasteiger partial charge on any atom is -0.399 e. The number of nitrogen functional groups attached to an aromatic ring is 1. The van der Waals surface area contributed by atoms with Gasteiger partial charge in [0.1, 0.15) is 21.8 Å². The van der Waals surface area contributed by atoms with Crippen molar-refractivity contribution in [2.75, 3.05) is 19.8 Å². The highest BCUT2D eigenvalue weighted by Gasteiger charge is 2.35. The molecule has 1 aromatic rings. The minimum atomic E-state index is -4.46. The number of rotatable bonds is 3. The monoisotopic (exact) mass is 292 g/mol. The van der Waals surface area contributed by atoms with Gasteiger partial charge in [0.15, 0.2) is 9.84 Å². The van der Waals surface area contributed by atoms with Gasteiger partial charge >= 0.3 is 0 Å². The Labute approximate surface area is 109 Å². The van der Waals surface area contributed by atoms with E-state index in [2.05, 4.69) is 0 Å². The highest BCUT2D eigenvalue weighted by atomic mass is 32.2. The van der Waals surface area contributed by atoms with Crippen molar-refractivity contribution in [2.45, 2.75) is 17.1 Å². The number of hydrogen-bond donors (Lipinski definition) is 1. The molecule has 1 amide bonds. The van der Waals surface area contributed by atoms with E-state index in [1.807, 2.05) is 0 Å². The maximum atomic E-state index is 13.6. The molecule has 8 heteroatoms. The molecule has 1 unspecified atom stereocenters. The van der Waals surface area contributed by atoms with Crippen LogP contribution in [0.3, 0.4) is 0 Å². The molecular weight excluding hydrogens is 278 g/mol. The quantitative estimate of drug-likeness (QED) is 0.836. The molecule has 19 heavy (non-hydrogen) atoms. The van der Waals surface area contributed by atoms with E-state index in [9.17, 15) is 22.0 Å². The third kappa shape index (κ3) is 2.83. The first-order valence-electron chi connectivity index (χ1n) is 5.28. The zero-order valence-electron chi connectivity index (χ0n) is 10.6. The Morgan fingerprint density at radius 1 is 1.26 bits per heavy atom. The first kappa shape index (κ1) is 15.4. The number of hydrogen-bond acceptors (Lipinski definition) is 4. The Morgan fingerprint density at radius 3 is 2.05 bits per heavy atom. The summed E-state index contributed by atoms with van der Waals surface area (Å²) in [7, 11) is -1.76. The van der Waals surface area contributed by atoms with E-state index in [-0.39, 0.29) is 5.69 Å². The molecule has 2 N–H and O–H groups in total. The van der Waals surface area contributed by atoms with Crippen LogP contribution in [0.15, 0.2) is 17.0 Å². The molecule has 0 radical (unpaired) electrons. The third-order valence-corrected chi connectivity index (χ3v) is 4.65. The van der Waals surface area contributed by atoms with E-state index in [1.54, 1.807) is 0 Å². The van der Waals surface area contributed by atoms with E-state index >= 15 is 0 Å². The zero-order chi connectivity index (χ0) is 15.0. The van der Waals surface area contributed by atoms with Crippen LogP contribution in [0.5, 0.6) is 0 Å². The van der Waals surface area contributed by atoms with Crippen LogP contribution in [0, 0.1) is 11.6 Å². The van der Waals surface area contributed by atoms with Crippen LogP contribution in [-0.4, -0.2) is 38.6 Å². The van der Waals surface area contributed by atoms with Crippen molar-refractivity contribution in [3.05, 3.63) is 23.8 Å². The SMILES string of the molecule is CC(C(=O)N(C)C)S(=O)(=O)c1c(F)cc(N)cc1F. The van der Waals surface area contributed by atoms with Gasteiger partial charge in [-0.15, -0.1) is 0 Å². The van der Waals surface area contributed by atoms with Crippen LogP contribution in [0.4, 0.5) is 14.5 Å². The van der Waals surface area contributed by atoms with Gasteiger partial charge in [-0.25, -0.2) is 17.2 Å². The lowest BCUT2D eigenvalue weighted by Crippen LogP contribution is -2.37. The smallest absolute Gasteiger partial charge is 0.240 e. The molecular formula is C11H14F2N2O3S. The molecule has 0 fully saturated rings. The number of sulfone groups is 1. The first-order chi connectivity index (χ1) is 8.59. The Hall–Kier alpha value is -1.70. The van der Waals surface area contributed by atoms with Crippen molar-refractivity contribution in [2.24, 2.45) is 0 Å². The summed E-state index contributed by atoms with van der Waals surface area (Å²) in [5.74, 6) is -3.39. The van der Waals surface area contributed by atoms with E-state index in [4.69, 9.17) is 5.73 Å². The molecule has 0 aliphatic carbocycles. The summed E-state index contributed by atoms with van der Waals surface area (Å²) in [5, 5.41) is -1.59. The Bertz CT molecular complexity index is 591. The lowest BCUT2D eigenvalue weighted by Gasteiger charge is -2.18. The molecule has 0 aromatic heterocycles. The average molecular weight is 292 g/mol. The standard InChI is InChI=1S/C11H14F2N2O3S/c1-6(11(16)15(2)3)19(17,18)10-8(12)4-7(14)5-9(10)13/h4-6H,14H2,1-3H3. The van der Waals surface area contributed by atoms with Gasteiger partial charge in [0, 0.05) is 19.8 Å². The first-order valence-corrected chi connectivity index (χ1v) is 6.83. The van der Waals surface area contributed by atoms with Gasteiger partial charge in [0.25, 0.3) is 0 Å². The van der Waals surface area contributed by atoms with Crippen molar-refractivity contribution in [1.29, 1.82) is 0 Å². The number of halogens is 2. The molecule has 0 saturated heterocycles. The predicted molar refractivity (Wildman–Crippen MR) is 66.1 cm³/mol. The van der Waals surface area contributed by atoms with E-state index in [0.717, 1.165) is 11.8 Å². The van der Waals surface area contributed by atoms with Gasteiger partial charge in [-0.05, 0) is 19.1 Å². The summed E-state index contributed by atoms with van der Waals surface area (Å²) < 4.78 is 51.3. The highest BCUT2D eigenvalue weighted by molar-refractivity contribution is 7.92. The summed E-state index contributed by atoms with van der Waals surface area (Å²) in [6, 6.07) is 1.39. The molecule has 1 atom stereocenters.